The Bertz CT molecular complexity index is 846. The molecule has 1 saturated heterocycles. The van der Waals surface area contributed by atoms with E-state index in [1.165, 1.54) is 0 Å². The normalized spacial score (nSPS) is 17.4. The van der Waals surface area contributed by atoms with Gasteiger partial charge in [0.2, 0.25) is 0 Å². The number of carbonyl (C=O) groups excluding carboxylic acids is 2. The molecular formula is C20H23ClN4O2. The molecule has 7 heteroatoms. The molecule has 1 aromatic heterocycles. The topological polar surface area (TPSA) is 58.4 Å². The number of carbonyl (C=O) groups is 2. The lowest BCUT2D eigenvalue weighted by Gasteiger charge is -2.23. The zero-order valence-corrected chi connectivity index (χ0v) is 16.0. The molecule has 1 fully saturated rings. The first kappa shape index (κ1) is 18.0. The summed E-state index contributed by atoms with van der Waals surface area (Å²) in [6.45, 7) is 3.29. The fourth-order valence-electron chi connectivity index (χ4n) is 3.87. The van der Waals surface area contributed by atoms with Crippen LogP contribution in [0.5, 0.6) is 0 Å². The highest BCUT2D eigenvalue weighted by Crippen LogP contribution is 2.20. The standard InChI is InChI=1S/C20H23ClN4O2/c21-16-7-5-15(6-8-16)19(26)23-9-3-10-24(13-12-23)20(27)17-14-22-25-11-2-1-4-18(17)25/h5-8,14H,1-4,9-13H2. The number of fused-ring (bicyclic) bond motifs is 1. The number of halogens is 1. The maximum atomic E-state index is 13.0. The molecule has 2 aliphatic rings. The van der Waals surface area contributed by atoms with Crippen molar-refractivity contribution in [3.05, 3.63) is 52.3 Å². The van der Waals surface area contributed by atoms with Gasteiger partial charge in [-0.2, -0.15) is 5.10 Å². The Morgan fingerprint density at radius 3 is 2.30 bits per heavy atom. The van der Waals surface area contributed by atoms with E-state index in [2.05, 4.69) is 5.10 Å². The molecular weight excluding hydrogens is 364 g/mol. The van der Waals surface area contributed by atoms with E-state index in [1.807, 2.05) is 14.5 Å². The van der Waals surface area contributed by atoms with Gasteiger partial charge in [0.1, 0.15) is 0 Å². The summed E-state index contributed by atoms with van der Waals surface area (Å²) in [6.07, 6.45) is 5.62. The number of aryl methyl sites for hydroxylation is 1. The average molecular weight is 387 g/mol. The van der Waals surface area contributed by atoms with Crippen molar-refractivity contribution in [1.29, 1.82) is 0 Å². The summed E-state index contributed by atoms with van der Waals surface area (Å²) in [5, 5.41) is 4.99. The van der Waals surface area contributed by atoms with Gasteiger partial charge in [-0.05, 0) is 49.9 Å². The lowest BCUT2D eigenvalue weighted by atomic mass is 10.1. The smallest absolute Gasteiger partial charge is 0.257 e. The van der Waals surface area contributed by atoms with Crippen molar-refractivity contribution < 1.29 is 9.59 Å². The summed E-state index contributed by atoms with van der Waals surface area (Å²) in [7, 11) is 0. The minimum Gasteiger partial charge on any atom is -0.337 e. The number of hydrogen-bond donors (Lipinski definition) is 0. The van der Waals surface area contributed by atoms with Gasteiger partial charge in [-0.3, -0.25) is 14.3 Å². The Morgan fingerprint density at radius 1 is 0.852 bits per heavy atom. The molecule has 0 bridgehead atoms. The van der Waals surface area contributed by atoms with E-state index in [0.717, 1.165) is 43.5 Å². The Balaban J connectivity index is 1.44. The van der Waals surface area contributed by atoms with Gasteiger partial charge in [-0.1, -0.05) is 11.6 Å². The fourth-order valence-corrected chi connectivity index (χ4v) is 3.99. The molecule has 0 saturated carbocycles. The van der Waals surface area contributed by atoms with Gasteiger partial charge in [0.05, 0.1) is 17.5 Å². The lowest BCUT2D eigenvalue weighted by molar-refractivity contribution is 0.0718. The van der Waals surface area contributed by atoms with Crippen LogP contribution in [0.4, 0.5) is 0 Å². The molecule has 3 heterocycles. The van der Waals surface area contributed by atoms with Gasteiger partial charge in [-0.15, -0.1) is 0 Å². The SMILES string of the molecule is O=C(c1ccc(Cl)cc1)N1CCCN(C(=O)c2cnn3c2CCCC3)CC1. The first-order chi connectivity index (χ1) is 13.1. The third-order valence-electron chi connectivity index (χ3n) is 5.37. The minimum absolute atomic E-state index is 0.0103. The third kappa shape index (κ3) is 3.72. The summed E-state index contributed by atoms with van der Waals surface area (Å²) in [5.74, 6) is 0.0304. The minimum atomic E-state index is -0.0103. The monoisotopic (exact) mass is 386 g/mol. The van der Waals surface area contributed by atoms with E-state index >= 15 is 0 Å². The third-order valence-corrected chi connectivity index (χ3v) is 5.63. The van der Waals surface area contributed by atoms with Gasteiger partial charge in [-0.25, -0.2) is 0 Å². The summed E-state index contributed by atoms with van der Waals surface area (Å²) in [6, 6.07) is 6.95. The zero-order chi connectivity index (χ0) is 18.8. The van der Waals surface area contributed by atoms with E-state index in [4.69, 9.17) is 11.6 Å². The summed E-state index contributed by atoms with van der Waals surface area (Å²) < 4.78 is 1.96. The van der Waals surface area contributed by atoms with E-state index in [-0.39, 0.29) is 11.8 Å². The van der Waals surface area contributed by atoms with E-state index < -0.39 is 0 Å². The van der Waals surface area contributed by atoms with E-state index in [9.17, 15) is 9.59 Å². The summed E-state index contributed by atoms with van der Waals surface area (Å²) >= 11 is 5.91. The Kier molecular flexibility index (Phi) is 5.16. The van der Waals surface area contributed by atoms with Gasteiger partial charge in [0.25, 0.3) is 11.8 Å². The molecule has 2 aromatic rings. The van der Waals surface area contributed by atoms with Crippen molar-refractivity contribution in [1.82, 2.24) is 19.6 Å². The average Bonchev–Trinajstić information content (AvgIpc) is 2.96. The second kappa shape index (κ2) is 7.72. The van der Waals surface area contributed by atoms with Crippen LogP contribution in [0.25, 0.3) is 0 Å². The predicted octanol–water partition coefficient (Wildman–Crippen LogP) is 2.86. The molecule has 27 heavy (non-hydrogen) atoms. The number of hydrogen-bond acceptors (Lipinski definition) is 3. The molecule has 6 nitrogen and oxygen atoms in total. The van der Waals surface area contributed by atoms with Crippen molar-refractivity contribution in [2.75, 3.05) is 26.2 Å². The molecule has 4 rings (SSSR count). The maximum absolute atomic E-state index is 13.0. The van der Waals surface area contributed by atoms with E-state index in [0.29, 0.717) is 36.8 Å². The molecule has 0 aliphatic carbocycles. The molecule has 1 aromatic carbocycles. The van der Waals surface area contributed by atoms with Crippen LogP contribution in [0, 0.1) is 0 Å². The number of aromatic nitrogens is 2. The molecule has 2 amide bonds. The Hall–Kier alpha value is -2.34. The fraction of sp³-hybridized carbons (Fsp3) is 0.450. The van der Waals surface area contributed by atoms with Crippen molar-refractivity contribution in [2.24, 2.45) is 0 Å². The molecule has 2 aliphatic heterocycles. The highest BCUT2D eigenvalue weighted by molar-refractivity contribution is 6.30. The van der Waals surface area contributed by atoms with Crippen LogP contribution in [0.15, 0.2) is 30.5 Å². The Morgan fingerprint density at radius 2 is 1.56 bits per heavy atom. The van der Waals surface area contributed by atoms with Crippen LogP contribution in [-0.2, 0) is 13.0 Å². The second-order valence-corrected chi connectivity index (χ2v) is 7.57. The van der Waals surface area contributed by atoms with Gasteiger partial charge in [0.15, 0.2) is 0 Å². The van der Waals surface area contributed by atoms with Crippen molar-refractivity contribution in [3.63, 3.8) is 0 Å². The maximum Gasteiger partial charge on any atom is 0.257 e. The van der Waals surface area contributed by atoms with Crippen LogP contribution >= 0.6 is 11.6 Å². The number of amides is 2. The first-order valence-electron chi connectivity index (χ1n) is 9.52. The number of benzene rings is 1. The second-order valence-electron chi connectivity index (χ2n) is 7.13. The van der Waals surface area contributed by atoms with Gasteiger partial charge >= 0.3 is 0 Å². The predicted molar refractivity (Wildman–Crippen MR) is 103 cm³/mol. The van der Waals surface area contributed by atoms with Gasteiger partial charge in [0, 0.05) is 43.3 Å². The van der Waals surface area contributed by atoms with E-state index in [1.54, 1.807) is 30.5 Å². The molecule has 0 atom stereocenters. The lowest BCUT2D eigenvalue weighted by Crippen LogP contribution is -2.37. The molecule has 0 spiro atoms. The van der Waals surface area contributed by atoms with Crippen molar-refractivity contribution in [2.45, 2.75) is 32.2 Å². The quantitative estimate of drug-likeness (QED) is 0.797. The van der Waals surface area contributed by atoms with Crippen LogP contribution in [0.3, 0.4) is 0 Å². The molecule has 0 radical (unpaired) electrons. The zero-order valence-electron chi connectivity index (χ0n) is 15.2. The number of nitrogens with zero attached hydrogens (tertiary/aromatic N) is 4. The van der Waals surface area contributed by atoms with Crippen LogP contribution in [0.2, 0.25) is 5.02 Å². The molecule has 142 valence electrons. The van der Waals surface area contributed by atoms with Crippen LogP contribution in [-0.4, -0.2) is 57.6 Å². The highest BCUT2D eigenvalue weighted by Gasteiger charge is 2.27. The largest absolute Gasteiger partial charge is 0.337 e. The van der Waals surface area contributed by atoms with Crippen molar-refractivity contribution >= 4 is 23.4 Å². The molecule has 0 N–H and O–H groups in total. The number of rotatable bonds is 2. The summed E-state index contributed by atoms with van der Waals surface area (Å²) in [4.78, 5) is 29.4. The Labute approximate surface area is 163 Å². The van der Waals surface area contributed by atoms with Crippen molar-refractivity contribution in [3.8, 4) is 0 Å². The van der Waals surface area contributed by atoms with Crippen LogP contribution < -0.4 is 0 Å². The highest BCUT2D eigenvalue weighted by atomic mass is 35.5. The van der Waals surface area contributed by atoms with Gasteiger partial charge < -0.3 is 9.80 Å². The first-order valence-corrected chi connectivity index (χ1v) is 9.90. The summed E-state index contributed by atoms with van der Waals surface area (Å²) in [5.41, 5.74) is 2.42. The van der Waals surface area contributed by atoms with Crippen LogP contribution in [0.1, 0.15) is 45.7 Å². The molecule has 0 unspecified atom stereocenters.